The van der Waals surface area contributed by atoms with E-state index >= 15 is 0 Å². The second-order valence-electron chi connectivity index (χ2n) is 8.36. The summed E-state index contributed by atoms with van der Waals surface area (Å²) < 4.78 is 8.63. The van der Waals surface area contributed by atoms with Crippen LogP contribution in [0.4, 0.5) is 0 Å². The largest absolute Gasteiger partial charge is 0.631 e. The number of hydrogen-bond donors (Lipinski definition) is 4. The van der Waals surface area contributed by atoms with E-state index in [0.717, 1.165) is 33.2 Å². The Labute approximate surface area is 182 Å². The van der Waals surface area contributed by atoms with Gasteiger partial charge in [0.25, 0.3) is 0 Å². The Hall–Kier alpha value is -2.84. The number of hydrogen-bond acceptors (Lipinski definition) is 5. The third-order valence-electron chi connectivity index (χ3n) is 5.51. The molecule has 0 fully saturated rings. The van der Waals surface area contributed by atoms with Crippen LogP contribution in [0.25, 0.3) is 27.5 Å². The van der Waals surface area contributed by atoms with Gasteiger partial charge in [-0.1, -0.05) is 42.5 Å². The van der Waals surface area contributed by atoms with Crippen molar-refractivity contribution in [2.45, 2.75) is 38.9 Å². The molecule has 0 aliphatic heterocycles. The molecule has 0 radical (unpaired) electrons. The van der Waals surface area contributed by atoms with Crippen molar-refractivity contribution in [2.24, 2.45) is 0 Å². The van der Waals surface area contributed by atoms with Crippen molar-refractivity contribution in [3.63, 3.8) is 0 Å². The molecule has 6 nitrogen and oxygen atoms in total. The van der Waals surface area contributed by atoms with Crippen LogP contribution in [0.1, 0.15) is 27.7 Å². The van der Waals surface area contributed by atoms with Gasteiger partial charge in [-0.15, -0.1) is 0 Å². The van der Waals surface area contributed by atoms with Crippen LogP contribution < -0.4 is 4.74 Å². The predicted molar refractivity (Wildman–Crippen MR) is 124 cm³/mol. The van der Waals surface area contributed by atoms with Crippen molar-refractivity contribution in [3.05, 3.63) is 72.8 Å². The average Bonchev–Trinajstić information content (AvgIpc) is 3.02. The zero-order valence-electron chi connectivity index (χ0n) is 18.1. The summed E-state index contributed by atoms with van der Waals surface area (Å²) in [6.07, 6.45) is 0. The number of benzene rings is 3. The van der Waals surface area contributed by atoms with Gasteiger partial charge in [0.15, 0.2) is 0 Å². The standard InChI is InChI=1S/C24H25NO2.BH3O3/c1-23(2,26)24(3,4)27-21-16-10-15-20-22(21)18-13-8-9-14-19(18)25(20)17-11-6-5-7-12-17;2-1(3)4/h5-16,26H,1-4H3;2-4H. The van der Waals surface area contributed by atoms with Crippen LogP contribution in [-0.2, 0) is 0 Å². The molecule has 0 amide bonds. The second-order valence-corrected chi connectivity index (χ2v) is 8.36. The lowest BCUT2D eigenvalue weighted by Gasteiger charge is -2.37. The van der Waals surface area contributed by atoms with Crippen molar-refractivity contribution < 1.29 is 24.9 Å². The van der Waals surface area contributed by atoms with Crippen LogP contribution in [0.2, 0.25) is 0 Å². The van der Waals surface area contributed by atoms with E-state index in [9.17, 15) is 5.11 Å². The maximum Gasteiger partial charge on any atom is 0.631 e. The molecule has 4 aromatic rings. The Bertz CT molecular complexity index is 1160. The Morgan fingerprint density at radius 1 is 0.742 bits per heavy atom. The van der Waals surface area contributed by atoms with E-state index in [1.807, 2.05) is 44.2 Å². The molecule has 0 bridgehead atoms. The first-order valence-corrected chi connectivity index (χ1v) is 10.1. The molecule has 0 spiro atoms. The molecule has 4 rings (SSSR count). The third-order valence-corrected chi connectivity index (χ3v) is 5.51. The summed E-state index contributed by atoms with van der Waals surface area (Å²) in [4.78, 5) is 0. The SMILES string of the molecule is CC(C)(O)C(C)(C)Oc1cccc2c1c1ccccc1n2-c1ccccc1.OB(O)O. The van der Waals surface area contributed by atoms with Crippen molar-refractivity contribution in [1.82, 2.24) is 4.57 Å². The third kappa shape index (κ3) is 4.75. The van der Waals surface area contributed by atoms with Crippen molar-refractivity contribution in [1.29, 1.82) is 0 Å². The Balaban J connectivity index is 0.000000628. The highest BCUT2D eigenvalue weighted by Crippen LogP contribution is 2.40. The van der Waals surface area contributed by atoms with E-state index in [-0.39, 0.29) is 0 Å². The summed E-state index contributed by atoms with van der Waals surface area (Å²) in [6, 6.07) is 24.8. The minimum Gasteiger partial charge on any atom is -0.484 e. The van der Waals surface area contributed by atoms with Gasteiger partial charge in [0, 0.05) is 16.5 Å². The minimum absolute atomic E-state index is 0.739. The van der Waals surface area contributed by atoms with Crippen LogP contribution in [0.15, 0.2) is 72.8 Å². The molecular weight excluding hydrogens is 393 g/mol. The Morgan fingerprint density at radius 2 is 1.29 bits per heavy atom. The number of ether oxygens (including phenoxy) is 1. The Morgan fingerprint density at radius 3 is 1.90 bits per heavy atom. The number of aromatic nitrogens is 1. The second kappa shape index (κ2) is 8.73. The zero-order chi connectivity index (χ0) is 22.8. The van der Waals surface area contributed by atoms with Crippen molar-refractivity contribution >= 4 is 29.1 Å². The highest BCUT2D eigenvalue weighted by atomic mass is 16.5. The lowest BCUT2D eigenvalue weighted by atomic mass is 9.89. The molecule has 31 heavy (non-hydrogen) atoms. The van der Waals surface area contributed by atoms with Crippen molar-refractivity contribution in [2.75, 3.05) is 0 Å². The molecule has 3 aromatic carbocycles. The molecule has 0 aliphatic carbocycles. The van der Waals surface area contributed by atoms with Gasteiger partial charge in [-0.25, -0.2) is 0 Å². The lowest BCUT2D eigenvalue weighted by Crippen LogP contribution is -2.49. The average molecular weight is 421 g/mol. The monoisotopic (exact) mass is 421 g/mol. The van der Waals surface area contributed by atoms with Gasteiger partial charge in [0.1, 0.15) is 11.4 Å². The molecule has 1 heterocycles. The number of rotatable bonds is 4. The summed E-state index contributed by atoms with van der Waals surface area (Å²) >= 11 is 0. The van der Waals surface area contributed by atoms with Gasteiger partial charge in [0.05, 0.1) is 16.6 Å². The van der Waals surface area contributed by atoms with Crippen LogP contribution in [0.5, 0.6) is 5.75 Å². The van der Waals surface area contributed by atoms with E-state index in [1.165, 1.54) is 0 Å². The highest BCUT2D eigenvalue weighted by Gasteiger charge is 2.38. The molecule has 1 aromatic heterocycles. The molecule has 0 saturated heterocycles. The quantitative estimate of drug-likeness (QED) is 0.378. The van der Waals surface area contributed by atoms with Gasteiger partial charge in [-0.2, -0.15) is 0 Å². The molecule has 162 valence electrons. The fourth-order valence-electron chi connectivity index (χ4n) is 3.33. The fraction of sp³-hybridized carbons (Fsp3) is 0.250. The van der Waals surface area contributed by atoms with Crippen LogP contribution in [0, 0.1) is 0 Å². The van der Waals surface area contributed by atoms with Crippen LogP contribution >= 0.6 is 0 Å². The normalized spacial score (nSPS) is 11.9. The first-order chi connectivity index (χ1) is 14.5. The first-order valence-electron chi connectivity index (χ1n) is 10.1. The molecule has 0 saturated carbocycles. The smallest absolute Gasteiger partial charge is 0.484 e. The molecular formula is C24H28BNO5. The number of nitrogens with zero attached hydrogens (tertiary/aromatic N) is 1. The number of aliphatic hydroxyl groups is 1. The summed E-state index contributed by atoms with van der Waals surface area (Å²) in [6.45, 7) is 7.39. The molecule has 0 atom stereocenters. The topological polar surface area (TPSA) is 95.1 Å². The van der Waals surface area contributed by atoms with E-state index in [2.05, 4.69) is 47.0 Å². The fourth-order valence-corrected chi connectivity index (χ4v) is 3.33. The summed E-state index contributed by atoms with van der Waals surface area (Å²) in [5.74, 6) is 0.783. The predicted octanol–water partition coefficient (Wildman–Crippen LogP) is 3.66. The van der Waals surface area contributed by atoms with Gasteiger partial charge in [-0.3, -0.25) is 0 Å². The van der Waals surface area contributed by atoms with Gasteiger partial charge in [0.2, 0.25) is 0 Å². The van der Waals surface area contributed by atoms with Gasteiger partial charge < -0.3 is 29.5 Å². The molecule has 0 aliphatic rings. The van der Waals surface area contributed by atoms with Gasteiger partial charge in [-0.05, 0) is 58.0 Å². The van der Waals surface area contributed by atoms with Crippen molar-refractivity contribution in [3.8, 4) is 11.4 Å². The minimum atomic E-state index is -2.17. The zero-order valence-corrected chi connectivity index (χ0v) is 18.1. The number of para-hydroxylation sites is 2. The van der Waals surface area contributed by atoms with E-state index in [1.54, 1.807) is 13.8 Å². The summed E-state index contributed by atoms with van der Waals surface area (Å²) in [5, 5.41) is 34.2. The number of fused-ring (bicyclic) bond motifs is 3. The first kappa shape index (κ1) is 22.8. The molecule has 4 N–H and O–H groups in total. The maximum atomic E-state index is 10.5. The van der Waals surface area contributed by atoms with E-state index in [4.69, 9.17) is 19.8 Å². The molecule has 7 heteroatoms. The summed E-state index contributed by atoms with van der Waals surface area (Å²) in [7, 11) is -2.17. The summed E-state index contributed by atoms with van der Waals surface area (Å²) in [5.41, 5.74) is 1.62. The van der Waals surface area contributed by atoms with Crippen LogP contribution in [-0.4, -0.2) is 43.3 Å². The van der Waals surface area contributed by atoms with E-state index in [0.29, 0.717) is 0 Å². The van der Waals surface area contributed by atoms with E-state index < -0.39 is 18.5 Å². The maximum absolute atomic E-state index is 10.5. The molecule has 0 unspecified atom stereocenters. The Kier molecular flexibility index (Phi) is 6.43. The lowest BCUT2D eigenvalue weighted by molar-refractivity contribution is -0.0899. The highest BCUT2D eigenvalue weighted by molar-refractivity contribution is 6.30. The van der Waals surface area contributed by atoms with Crippen LogP contribution in [0.3, 0.4) is 0 Å². The van der Waals surface area contributed by atoms with Gasteiger partial charge >= 0.3 is 7.32 Å².